The van der Waals surface area contributed by atoms with E-state index in [0.717, 1.165) is 21.9 Å². The molecule has 94 valence electrons. The van der Waals surface area contributed by atoms with E-state index in [9.17, 15) is 4.79 Å². The van der Waals surface area contributed by atoms with Gasteiger partial charge in [0.25, 0.3) is 5.24 Å². The average molecular weight is 290 g/mol. The Morgan fingerprint density at radius 3 is 2.53 bits per heavy atom. The van der Waals surface area contributed by atoms with Crippen LogP contribution in [0.2, 0.25) is 5.02 Å². The van der Waals surface area contributed by atoms with Crippen LogP contribution >= 0.6 is 23.2 Å². The Balaban J connectivity index is 2.60. The third-order valence-corrected chi connectivity index (χ3v) is 3.71. The normalized spacial score (nSPS) is 11.1. The van der Waals surface area contributed by atoms with Crippen LogP contribution in [0.15, 0.2) is 36.5 Å². The van der Waals surface area contributed by atoms with Gasteiger partial charge in [0, 0.05) is 32.9 Å². The van der Waals surface area contributed by atoms with Crippen LogP contribution in [0.1, 0.15) is 15.9 Å². The molecule has 4 heteroatoms. The SMILES string of the molecule is Cc1cnc2c(cc(Cl)c3ccccc32)c1C(=O)Cl. The first-order valence-electron chi connectivity index (χ1n) is 5.76. The summed E-state index contributed by atoms with van der Waals surface area (Å²) in [7, 11) is 0. The van der Waals surface area contributed by atoms with Crippen LogP contribution in [0.3, 0.4) is 0 Å². The molecule has 0 saturated carbocycles. The molecular weight excluding hydrogens is 281 g/mol. The van der Waals surface area contributed by atoms with Crippen LogP contribution in [-0.2, 0) is 0 Å². The number of pyridine rings is 1. The van der Waals surface area contributed by atoms with Gasteiger partial charge in [-0.1, -0.05) is 35.9 Å². The minimum Gasteiger partial charge on any atom is -0.276 e. The van der Waals surface area contributed by atoms with Crippen molar-refractivity contribution in [1.82, 2.24) is 4.98 Å². The van der Waals surface area contributed by atoms with Gasteiger partial charge in [-0.05, 0) is 30.2 Å². The second kappa shape index (κ2) is 4.48. The van der Waals surface area contributed by atoms with Crippen molar-refractivity contribution in [2.24, 2.45) is 0 Å². The van der Waals surface area contributed by atoms with Gasteiger partial charge in [-0.15, -0.1) is 0 Å². The molecule has 0 radical (unpaired) electrons. The van der Waals surface area contributed by atoms with Gasteiger partial charge in [-0.25, -0.2) is 0 Å². The standard InChI is InChI=1S/C15H9Cl2NO/c1-8-7-18-14-10-5-3-2-4-9(10)12(16)6-11(14)13(8)15(17)19/h2-7H,1H3. The molecule has 0 N–H and O–H groups in total. The zero-order valence-electron chi connectivity index (χ0n) is 10.1. The Hall–Kier alpha value is -1.64. The summed E-state index contributed by atoms with van der Waals surface area (Å²) in [6.45, 7) is 1.81. The lowest BCUT2D eigenvalue weighted by Gasteiger charge is -2.09. The fraction of sp³-hybridized carbons (Fsp3) is 0.0667. The second-order valence-corrected chi connectivity index (χ2v) is 5.14. The number of carbonyl (C=O) groups excluding carboxylic acids is 1. The maximum Gasteiger partial charge on any atom is 0.253 e. The molecule has 0 saturated heterocycles. The molecule has 0 fully saturated rings. The van der Waals surface area contributed by atoms with Crippen molar-refractivity contribution in [2.45, 2.75) is 6.92 Å². The van der Waals surface area contributed by atoms with E-state index in [-0.39, 0.29) is 0 Å². The number of hydrogen-bond acceptors (Lipinski definition) is 2. The van der Waals surface area contributed by atoms with Gasteiger partial charge in [0.2, 0.25) is 0 Å². The predicted octanol–water partition coefficient (Wildman–Crippen LogP) is 4.73. The van der Waals surface area contributed by atoms with Gasteiger partial charge in [-0.3, -0.25) is 9.78 Å². The summed E-state index contributed by atoms with van der Waals surface area (Å²) in [5.74, 6) is 0. The van der Waals surface area contributed by atoms with Crippen LogP contribution in [0.5, 0.6) is 0 Å². The van der Waals surface area contributed by atoms with Crippen LogP contribution in [0, 0.1) is 6.92 Å². The number of benzene rings is 2. The van der Waals surface area contributed by atoms with E-state index in [1.54, 1.807) is 12.3 Å². The smallest absolute Gasteiger partial charge is 0.253 e. The van der Waals surface area contributed by atoms with Gasteiger partial charge in [-0.2, -0.15) is 0 Å². The van der Waals surface area contributed by atoms with Crippen molar-refractivity contribution in [2.75, 3.05) is 0 Å². The average Bonchev–Trinajstić information content (AvgIpc) is 2.38. The molecule has 3 aromatic rings. The maximum absolute atomic E-state index is 11.6. The molecule has 0 amide bonds. The molecule has 3 rings (SSSR count). The number of aryl methyl sites for hydroxylation is 1. The first-order valence-corrected chi connectivity index (χ1v) is 6.51. The number of hydrogen-bond donors (Lipinski definition) is 0. The summed E-state index contributed by atoms with van der Waals surface area (Å²) in [6, 6.07) is 9.47. The van der Waals surface area contributed by atoms with E-state index in [4.69, 9.17) is 23.2 Å². The fourth-order valence-electron chi connectivity index (χ4n) is 2.34. The van der Waals surface area contributed by atoms with E-state index in [1.165, 1.54) is 0 Å². The molecule has 0 aliphatic carbocycles. The molecule has 0 atom stereocenters. The topological polar surface area (TPSA) is 30.0 Å². The molecule has 0 bridgehead atoms. The van der Waals surface area contributed by atoms with E-state index >= 15 is 0 Å². The number of halogens is 2. The van der Waals surface area contributed by atoms with Crippen LogP contribution in [0.25, 0.3) is 21.7 Å². The molecule has 19 heavy (non-hydrogen) atoms. The Kier molecular flexibility index (Phi) is 2.92. The lowest BCUT2D eigenvalue weighted by atomic mass is 10.0. The summed E-state index contributed by atoms with van der Waals surface area (Å²) in [5.41, 5.74) is 1.97. The highest BCUT2D eigenvalue weighted by molar-refractivity contribution is 6.69. The molecule has 2 nitrogen and oxygen atoms in total. The number of aromatic nitrogens is 1. The van der Waals surface area contributed by atoms with Crippen molar-refractivity contribution in [1.29, 1.82) is 0 Å². The van der Waals surface area contributed by atoms with Gasteiger partial charge in [0.1, 0.15) is 0 Å². The summed E-state index contributed by atoms with van der Waals surface area (Å²) in [5, 5.41) is 2.64. The minimum absolute atomic E-state index is 0.472. The van der Waals surface area contributed by atoms with Crippen molar-refractivity contribution < 1.29 is 4.79 Å². The Labute approximate surface area is 120 Å². The molecule has 0 spiro atoms. The first-order chi connectivity index (χ1) is 9.09. The molecule has 1 aromatic heterocycles. The van der Waals surface area contributed by atoms with E-state index in [0.29, 0.717) is 16.0 Å². The number of nitrogens with zero attached hydrogens (tertiary/aromatic N) is 1. The highest BCUT2D eigenvalue weighted by atomic mass is 35.5. The van der Waals surface area contributed by atoms with Crippen LogP contribution < -0.4 is 0 Å². The quantitative estimate of drug-likeness (QED) is 0.479. The summed E-state index contributed by atoms with van der Waals surface area (Å²) in [6.07, 6.45) is 1.66. The Bertz CT molecular complexity index is 827. The lowest BCUT2D eigenvalue weighted by Crippen LogP contribution is -1.98. The van der Waals surface area contributed by atoms with E-state index in [2.05, 4.69) is 4.98 Å². The summed E-state index contributed by atoms with van der Waals surface area (Å²) in [4.78, 5) is 16.0. The van der Waals surface area contributed by atoms with Gasteiger partial charge in [0.15, 0.2) is 0 Å². The van der Waals surface area contributed by atoms with Gasteiger partial charge < -0.3 is 0 Å². The molecule has 2 aromatic carbocycles. The Morgan fingerprint density at radius 1 is 1.16 bits per heavy atom. The third kappa shape index (κ3) is 1.88. The van der Waals surface area contributed by atoms with Crippen LogP contribution in [0.4, 0.5) is 0 Å². The number of carbonyl (C=O) groups is 1. The van der Waals surface area contributed by atoms with Crippen molar-refractivity contribution in [3.63, 3.8) is 0 Å². The summed E-state index contributed by atoms with van der Waals surface area (Å²) < 4.78 is 0. The fourth-order valence-corrected chi connectivity index (χ4v) is 2.87. The van der Waals surface area contributed by atoms with E-state index < -0.39 is 5.24 Å². The second-order valence-electron chi connectivity index (χ2n) is 4.39. The van der Waals surface area contributed by atoms with Crippen LogP contribution in [-0.4, -0.2) is 10.2 Å². The molecular formula is C15H9Cl2NO. The molecule has 0 aliphatic heterocycles. The number of fused-ring (bicyclic) bond motifs is 3. The number of rotatable bonds is 1. The highest BCUT2D eigenvalue weighted by Crippen LogP contribution is 2.33. The van der Waals surface area contributed by atoms with Gasteiger partial charge >= 0.3 is 0 Å². The van der Waals surface area contributed by atoms with Crippen molar-refractivity contribution in [3.05, 3.63) is 52.7 Å². The zero-order chi connectivity index (χ0) is 13.6. The first kappa shape index (κ1) is 12.4. The highest BCUT2D eigenvalue weighted by Gasteiger charge is 2.15. The third-order valence-electron chi connectivity index (χ3n) is 3.21. The zero-order valence-corrected chi connectivity index (χ0v) is 11.6. The lowest BCUT2D eigenvalue weighted by molar-refractivity contribution is 0.108. The Morgan fingerprint density at radius 2 is 1.84 bits per heavy atom. The minimum atomic E-state index is -0.490. The van der Waals surface area contributed by atoms with Gasteiger partial charge in [0.05, 0.1) is 5.52 Å². The van der Waals surface area contributed by atoms with Crippen molar-refractivity contribution >= 4 is 50.1 Å². The summed E-state index contributed by atoms with van der Waals surface area (Å²) >= 11 is 12.0. The maximum atomic E-state index is 11.6. The molecule has 0 unspecified atom stereocenters. The molecule has 0 aliphatic rings. The van der Waals surface area contributed by atoms with E-state index in [1.807, 2.05) is 31.2 Å². The monoisotopic (exact) mass is 289 g/mol. The predicted molar refractivity (Wildman–Crippen MR) is 79.2 cm³/mol. The molecule has 1 heterocycles. The van der Waals surface area contributed by atoms with Crippen molar-refractivity contribution in [3.8, 4) is 0 Å². The largest absolute Gasteiger partial charge is 0.276 e.